The Morgan fingerprint density at radius 2 is 2.06 bits per heavy atom. The fourth-order valence-electron chi connectivity index (χ4n) is 1.54. The van der Waals surface area contributed by atoms with Crippen LogP contribution in [0.15, 0.2) is 17.5 Å². The minimum atomic E-state index is -0.200. The van der Waals surface area contributed by atoms with Crippen molar-refractivity contribution in [1.29, 1.82) is 0 Å². The van der Waals surface area contributed by atoms with Crippen molar-refractivity contribution in [3.63, 3.8) is 0 Å². The lowest BCUT2D eigenvalue weighted by Gasteiger charge is -2.20. The fourth-order valence-corrected chi connectivity index (χ4v) is 2.23. The number of Topliss-reactive ketones (excluding diaryl/α,β-unsaturated/α-hetero) is 1. The van der Waals surface area contributed by atoms with Gasteiger partial charge in [0.2, 0.25) is 0 Å². The van der Waals surface area contributed by atoms with E-state index in [9.17, 15) is 4.79 Å². The van der Waals surface area contributed by atoms with E-state index in [-0.39, 0.29) is 5.41 Å². The molecule has 0 saturated heterocycles. The standard InChI is InChI=1S/C14H23NOS/c1-14(2,3)13(16)8-10-15(4)9-7-12-6-5-11-17-12/h5-6,11H,7-10H2,1-4H3. The predicted molar refractivity (Wildman–Crippen MR) is 74.6 cm³/mol. The second kappa shape index (κ2) is 6.31. The lowest BCUT2D eigenvalue weighted by Crippen LogP contribution is -2.28. The van der Waals surface area contributed by atoms with Gasteiger partial charge < -0.3 is 4.90 Å². The van der Waals surface area contributed by atoms with Crippen LogP contribution in [0.1, 0.15) is 32.1 Å². The van der Waals surface area contributed by atoms with Crippen molar-refractivity contribution >= 4 is 17.1 Å². The van der Waals surface area contributed by atoms with Crippen LogP contribution in [0.4, 0.5) is 0 Å². The van der Waals surface area contributed by atoms with E-state index in [1.807, 2.05) is 20.8 Å². The Bertz CT molecular complexity index is 338. The van der Waals surface area contributed by atoms with Crippen molar-refractivity contribution in [1.82, 2.24) is 4.90 Å². The van der Waals surface area contributed by atoms with Crippen molar-refractivity contribution in [3.8, 4) is 0 Å². The molecule has 0 aliphatic carbocycles. The number of thiophene rings is 1. The van der Waals surface area contributed by atoms with E-state index in [1.54, 1.807) is 11.3 Å². The smallest absolute Gasteiger partial charge is 0.139 e. The topological polar surface area (TPSA) is 20.3 Å². The van der Waals surface area contributed by atoms with Crippen LogP contribution in [0.5, 0.6) is 0 Å². The third-order valence-electron chi connectivity index (χ3n) is 2.88. The first kappa shape index (κ1) is 14.4. The molecule has 0 aliphatic rings. The lowest BCUT2D eigenvalue weighted by molar-refractivity contribution is -0.126. The highest BCUT2D eigenvalue weighted by atomic mass is 32.1. The van der Waals surface area contributed by atoms with Gasteiger partial charge >= 0.3 is 0 Å². The molecular formula is C14H23NOS. The zero-order valence-corrected chi connectivity index (χ0v) is 12.1. The van der Waals surface area contributed by atoms with Gasteiger partial charge in [-0.1, -0.05) is 26.8 Å². The number of ketones is 1. The summed E-state index contributed by atoms with van der Waals surface area (Å²) in [5.41, 5.74) is -0.200. The molecule has 0 aliphatic heterocycles. The molecule has 1 aromatic rings. The summed E-state index contributed by atoms with van der Waals surface area (Å²) in [4.78, 5) is 15.4. The monoisotopic (exact) mass is 253 g/mol. The van der Waals surface area contributed by atoms with Gasteiger partial charge in [0.1, 0.15) is 5.78 Å². The van der Waals surface area contributed by atoms with Gasteiger partial charge in [-0.3, -0.25) is 4.79 Å². The van der Waals surface area contributed by atoms with Crippen LogP contribution in [0.3, 0.4) is 0 Å². The molecule has 0 N–H and O–H groups in total. The highest BCUT2D eigenvalue weighted by Crippen LogP contribution is 2.16. The first-order chi connectivity index (χ1) is 7.89. The van der Waals surface area contributed by atoms with Gasteiger partial charge in [-0.05, 0) is 24.9 Å². The van der Waals surface area contributed by atoms with Crippen molar-refractivity contribution in [2.45, 2.75) is 33.6 Å². The second-order valence-electron chi connectivity index (χ2n) is 5.56. The van der Waals surface area contributed by atoms with E-state index in [4.69, 9.17) is 0 Å². The van der Waals surface area contributed by atoms with Crippen molar-refractivity contribution in [2.24, 2.45) is 5.41 Å². The summed E-state index contributed by atoms with van der Waals surface area (Å²) in [5.74, 6) is 0.348. The summed E-state index contributed by atoms with van der Waals surface area (Å²) < 4.78 is 0. The minimum Gasteiger partial charge on any atom is -0.306 e. The summed E-state index contributed by atoms with van der Waals surface area (Å²) in [7, 11) is 2.09. The normalized spacial score (nSPS) is 12.1. The third kappa shape index (κ3) is 5.46. The Morgan fingerprint density at radius 1 is 1.35 bits per heavy atom. The maximum Gasteiger partial charge on any atom is 0.139 e. The Kier molecular flexibility index (Phi) is 5.34. The maximum absolute atomic E-state index is 11.8. The quantitative estimate of drug-likeness (QED) is 0.776. The molecule has 0 bridgehead atoms. The highest BCUT2D eigenvalue weighted by molar-refractivity contribution is 7.09. The summed E-state index contributed by atoms with van der Waals surface area (Å²) in [6, 6.07) is 4.25. The SMILES string of the molecule is CN(CCC(=O)C(C)(C)C)CCc1cccs1. The number of likely N-dealkylation sites (N-methyl/N-ethyl adjacent to an activating group) is 1. The van der Waals surface area contributed by atoms with Crippen molar-refractivity contribution in [2.75, 3.05) is 20.1 Å². The van der Waals surface area contributed by atoms with Gasteiger partial charge in [0, 0.05) is 29.8 Å². The number of hydrogen-bond donors (Lipinski definition) is 0. The molecule has 0 unspecified atom stereocenters. The number of carbonyl (C=O) groups excluding carboxylic acids is 1. The van der Waals surface area contributed by atoms with Gasteiger partial charge in [0.25, 0.3) is 0 Å². The Balaban J connectivity index is 2.22. The van der Waals surface area contributed by atoms with E-state index < -0.39 is 0 Å². The maximum atomic E-state index is 11.8. The second-order valence-corrected chi connectivity index (χ2v) is 6.59. The van der Waals surface area contributed by atoms with Gasteiger partial charge in [-0.15, -0.1) is 11.3 Å². The molecule has 3 heteroatoms. The minimum absolute atomic E-state index is 0.200. The van der Waals surface area contributed by atoms with E-state index in [0.717, 1.165) is 19.5 Å². The number of nitrogens with zero attached hydrogens (tertiary/aromatic N) is 1. The Labute approximate surface area is 109 Å². The summed E-state index contributed by atoms with van der Waals surface area (Å²) in [6.07, 6.45) is 1.74. The molecule has 1 heterocycles. The third-order valence-corrected chi connectivity index (χ3v) is 3.81. The van der Waals surface area contributed by atoms with E-state index >= 15 is 0 Å². The average Bonchev–Trinajstić information content (AvgIpc) is 2.74. The first-order valence-corrected chi connectivity index (χ1v) is 7.02. The molecule has 0 amide bonds. The number of hydrogen-bond acceptors (Lipinski definition) is 3. The fraction of sp³-hybridized carbons (Fsp3) is 0.643. The molecule has 1 rings (SSSR count). The van der Waals surface area contributed by atoms with Crippen LogP contribution in [0, 0.1) is 5.41 Å². The van der Waals surface area contributed by atoms with Crippen LogP contribution in [-0.4, -0.2) is 30.8 Å². The Hall–Kier alpha value is -0.670. The molecule has 96 valence electrons. The van der Waals surface area contributed by atoms with E-state index in [1.165, 1.54) is 4.88 Å². The summed E-state index contributed by atoms with van der Waals surface area (Å²) >= 11 is 1.80. The number of carbonyl (C=O) groups is 1. The molecule has 0 saturated carbocycles. The molecule has 17 heavy (non-hydrogen) atoms. The molecule has 0 spiro atoms. The summed E-state index contributed by atoms with van der Waals surface area (Å²) in [6.45, 7) is 7.85. The van der Waals surface area contributed by atoms with Gasteiger partial charge in [0.05, 0.1) is 0 Å². The van der Waals surface area contributed by atoms with Crippen molar-refractivity contribution < 1.29 is 4.79 Å². The predicted octanol–water partition coefficient (Wildman–Crippen LogP) is 3.23. The summed E-state index contributed by atoms with van der Waals surface area (Å²) in [5, 5.41) is 2.11. The van der Waals surface area contributed by atoms with Crippen LogP contribution in [0.25, 0.3) is 0 Å². The molecule has 2 nitrogen and oxygen atoms in total. The van der Waals surface area contributed by atoms with Gasteiger partial charge in [-0.25, -0.2) is 0 Å². The molecule has 0 radical (unpaired) electrons. The first-order valence-electron chi connectivity index (χ1n) is 6.14. The van der Waals surface area contributed by atoms with Gasteiger partial charge in [-0.2, -0.15) is 0 Å². The Morgan fingerprint density at radius 3 is 2.59 bits per heavy atom. The number of rotatable bonds is 6. The van der Waals surface area contributed by atoms with Crippen molar-refractivity contribution in [3.05, 3.63) is 22.4 Å². The molecule has 1 aromatic heterocycles. The molecule has 0 fully saturated rings. The van der Waals surface area contributed by atoms with E-state index in [0.29, 0.717) is 12.2 Å². The average molecular weight is 253 g/mol. The van der Waals surface area contributed by atoms with Crippen LogP contribution in [-0.2, 0) is 11.2 Å². The van der Waals surface area contributed by atoms with Gasteiger partial charge in [0.15, 0.2) is 0 Å². The zero-order chi connectivity index (χ0) is 12.9. The van der Waals surface area contributed by atoms with E-state index in [2.05, 4.69) is 29.5 Å². The highest BCUT2D eigenvalue weighted by Gasteiger charge is 2.20. The zero-order valence-electron chi connectivity index (χ0n) is 11.3. The molecule has 0 aromatic carbocycles. The molecular weight excluding hydrogens is 230 g/mol. The molecule has 0 atom stereocenters. The lowest BCUT2D eigenvalue weighted by atomic mass is 9.89. The van der Waals surface area contributed by atoms with Crippen LogP contribution >= 0.6 is 11.3 Å². The van der Waals surface area contributed by atoms with Crippen LogP contribution in [0.2, 0.25) is 0 Å². The van der Waals surface area contributed by atoms with Crippen LogP contribution < -0.4 is 0 Å². The largest absolute Gasteiger partial charge is 0.306 e.